The number of hydrogen-bond donors (Lipinski definition) is 1. The van der Waals surface area contributed by atoms with Crippen molar-refractivity contribution in [3.05, 3.63) is 53.6 Å². The van der Waals surface area contributed by atoms with Gasteiger partial charge >= 0.3 is 0 Å². The van der Waals surface area contributed by atoms with E-state index in [1.54, 1.807) is 0 Å². The molecule has 0 saturated carbocycles. The molecule has 2 fully saturated rings. The fraction of sp³-hybridized carbons (Fsp3) is 0.444. The summed E-state index contributed by atoms with van der Waals surface area (Å²) in [6.45, 7) is 11.6. The zero-order valence-electron chi connectivity index (χ0n) is 19.8. The van der Waals surface area contributed by atoms with Crippen LogP contribution in [0.5, 0.6) is 11.5 Å². The minimum Gasteiger partial charge on any atom is -0.491 e. The number of aromatic nitrogens is 2. The first-order valence-corrected chi connectivity index (χ1v) is 11.8. The van der Waals surface area contributed by atoms with E-state index >= 15 is 0 Å². The Hall–Kier alpha value is -2.83. The molecule has 0 spiro atoms. The summed E-state index contributed by atoms with van der Waals surface area (Å²) >= 11 is 0. The van der Waals surface area contributed by atoms with Crippen LogP contribution >= 0.6 is 0 Å². The predicted molar refractivity (Wildman–Crippen MR) is 128 cm³/mol. The lowest BCUT2D eigenvalue weighted by molar-refractivity contribution is 0.258. The Morgan fingerprint density at radius 3 is 1.97 bits per heavy atom. The minimum absolute atomic E-state index is 0.234. The topological polar surface area (TPSA) is 72.2 Å². The van der Waals surface area contributed by atoms with Crippen molar-refractivity contribution < 1.29 is 18.9 Å². The van der Waals surface area contributed by atoms with Crippen LogP contribution in [0, 0.1) is 0 Å². The van der Waals surface area contributed by atoms with Gasteiger partial charge in [0, 0.05) is 5.56 Å². The van der Waals surface area contributed by atoms with Crippen molar-refractivity contribution in [2.24, 2.45) is 0 Å². The van der Waals surface area contributed by atoms with Crippen molar-refractivity contribution in [2.75, 3.05) is 26.4 Å². The summed E-state index contributed by atoms with van der Waals surface area (Å²) in [5.41, 5.74) is 6.50. The third kappa shape index (κ3) is 5.23. The maximum absolute atomic E-state index is 6.26. The van der Waals surface area contributed by atoms with Crippen LogP contribution in [0.25, 0.3) is 22.5 Å². The molecule has 5 rings (SSSR count). The SMILES string of the molecule is CC(C)c1cc(-c2cc(-c3ccc(OCC4CO4)cc3)[nH]n2)cc(C(C)C)c1OCC1CO1. The average Bonchev–Trinajstić information content (AvgIpc) is 3.75. The molecular weight excluding hydrogens is 416 g/mol. The highest BCUT2D eigenvalue weighted by molar-refractivity contribution is 5.71. The molecule has 33 heavy (non-hydrogen) atoms. The minimum atomic E-state index is 0.234. The highest BCUT2D eigenvalue weighted by atomic mass is 16.6. The Morgan fingerprint density at radius 2 is 1.42 bits per heavy atom. The van der Waals surface area contributed by atoms with Crippen molar-refractivity contribution in [1.82, 2.24) is 10.2 Å². The van der Waals surface area contributed by atoms with Gasteiger partial charge in [-0.1, -0.05) is 27.7 Å². The number of hydrogen-bond acceptors (Lipinski definition) is 5. The van der Waals surface area contributed by atoms with Crippen molar-refractivity contribution in [1.29, 1.82) is 0 Å². The summed E-state index contributed by atoms with van der Waals surface area (Å²) in [5.74, 6) is 2.53. The van der Waals surface area contributed by atoms with Crippen molar-refractivity contribution in [3.8, 4) is 34.0 Å². The molecule has 2 atom stereocenters. The number of H-pyrrole nitrogens is 1. The zero-order valence-corrected chi connectivity index (χ0v) is 19.8. The quantitative estimate of drug-likeness (QED) is 0.412. The number of nitrogens with one attached hydrogen (secondary N) is 1. The lowest BCUT2D eigenvalue weighted by atomic mass is 9.90. The summed E-state index contributed by atoms with van der Waals surface area (Å²) in [4.78, 5) is 0. The molecule has 2 saturated heterocycles. The fourth-order valence-electron chi connectivity index (χ4n) is 3.89. The highest BCUT2D eigenvalue weighted by Crippen LogP contribution is 2.39. The second-order valence-electron chi connectivity index (χ2n) is 9.52. The normalized spacial score (nSPS) is 19.2. The maximum Gasteiger partial charge on any atom is 0.126 e. The molecule has 0 aliphatic carbocycles. The van der Waals surface area contributed by atoms with E-state index in [0.717, 1.165) is 47.2 Å². The summed E-state index contributed by atoms with van der Waals surface area (Å²) in [6, 6.07) is 14.6. The summed E-state index contributed by atoms with van der Waals surface area (Å²) in [5, 5.41) is 7.84. The molecule has 0 amide bonds. The smallest absolute Gasteiger partial charge is 0.126 e. The fourth-order valence-corrected chi connectivity index (χ4v) is 3.89. The Labute approximate surface area is 195 Å². The van der Waals surface area contributed by atoms with Gasteiger partial charge in [-0.3, -0.25) is 5.10 Å². The Morgan fingerprint density at radius 1 is 0.848 bits per heavy atom. The first-order valence-electron chi connectivity index (χ1n) is 11.8. The molecule has 3 heterocycles. The van der Waals surface area contributed by atoms with Gasteiger partial charge < -0.3 is 18.9 Å². The van der Waals surface area contributed by atoms with Gasteiger partial charge in [0.05, 0.1) is 24.6 Å². The number of benzene rings is 2. The second kappa shape index (κ2) is 9.20. The van der Waals surface area contributed by atoms with Gasteiger partial charge in [-0.25, -0.2) is 0 Å². The van der Waals surface area contributed by atoms with Crippen LogP contribution in [0.15, 0.2) is 42.5 Å². The number of ether oxygens (including phenoxy) is 4. The van der Waals surface area contributed by atoms with Crippen LogP contribution in [0.4, 0.5) is 0 Å². The third-order valence-electron chi connectivity index (χ3n) is 6.08. The van der Waals surface area contributed by atoms with Gasteiger partial charge in [0.1, 0.15) is 36.9 Å². The van der Waals surface area contributed by atoms with Gasteiger partial charge in [-0.15, -0.1) is 0 Å². The first kappa shape index (κ1) is 22.0. The summed E-state index contributed by atoms with van der Waals surface area (Å²) in [6.07, 6.45) is 0.488. The van der Waals surface area contributed by atoms with Crippen molar-refractivity contribution >= 4 is 0 Å². The largest absolute Gasteiger partial charge is 0.491 e. The van der Waals surface area contributed by atoms with Gasteiger partial charge in [-0.2, -0.15) is 5.10 Å². The first-order chi connectivity index (χ1) is 16.0. The molecule has 2 aromatic carbocycles. The molecule has 3 aromatic rings. The predicted octanol–water partition coefficient (Wildman–Crippen LogP) is 5.55. The number of aromatic amines is 1. The Balaban J connectivity index is 1.40. The van der Waals surface area contributed by atoms with E-state index in [2.05, 4.69) is 68.2 Å². The van der Waals surface area contributed by atoms with Gasteiger partial charge in [-0.05, 0) is 71.0 Å². The zero-order chi connectivity index (χ0) is 22.9. The molecule has 2 aliphatic rings. The molecule has 6 nitrogen and oxygen atoms in total. The van der Waals surface area contributed by atoms with E-state index < -0.39 is 0 Å². The van der Waals surface area contributed by atoms with Gasteiger partial charge in [0.15, 0.2) is 0 Å². The van der Waals surface area contributed by atoms with Crippen LogP contribution in [-0.4, -0.2) is 48.8 Å². The second-order valence-corrected chi connectivity index (χ2v) is 9.52. The van der Waals surface area contributed by atoms with Crippen LogP contribution in [0.1, 0.15) is 50.7 Å². The number of nitrogens with zero attached hydrogens (tertiary/aromatic N) is 1. The lowest BCUT2D eigenvalue weighted by Crippen LogP contribution is -2.10. The standard InChI is InChI=1S/C27H32N2O4/c1-16(2)23-9-19(10-24(17(3)4)27(23)33-15-22-14-32-22)26-11-25(28-29-26)18-5-7-20(8-6-18)30-12-21-13-31-21/h5-11,16-17,21-22H,12-15H2,1-4H3,(H,28,29). The Kier molecular flexibility index (Phi) is 6.13. The number of rotatable bonds is 10. The van der Waals surface area contributed by atoms with Crippen molar-refractivity contribution in [3.63, 3.8) is 0 Å². The number of epoxide rings is 2. The van der Waals surface area contributed by atoms with E-state index in [9.17, 15) is 0 Å². The Bertz CT molecular complexity index is 1070. The highest BCUT2D eigenvalue weighted by Gasteiger charge is 2.26. The molecule has 2 aliphatic heterocycles. The van der Waals surface area contributed by atoms with Crippen LogP contribution in [-0.2, 0) is 9.47 Å². The van der Waals surface area contributed by atoms with E-state index in [4.69, 9.17) is 18.9 Å². The molecule has 1 N–H and O–H groups in total. The van der Waals surface area contributed by atoms with Crippen LogP contribution in [0.2, 0.25) is 0 Å². The van der Waals surface area contributed by atoms with Crippen LogP contribution < -0.4 is 9.47 Å². The molecule has 0 bridgehead atoms. The molecule has 0 radical (unpaired) electrons. The molecule has 174 valence electrons. The summed E-state index contributed by atoms with van der Waals surface area (Å²) in [7, 11) is 0. The van der Waals surface area contributed by atoms with E-state index in [-0.39, 0.29) is 12.2 Å². The van der Waals surface area contributed by atoms with Gasteiger partial charge in [0.2, 0.25) is 0 Å². The maximum atomic E-state index is 6.26. The van der Waals surface area contributed by atoms with E-state index in [1.807, 2.05) is 12.1 Å². The monoisotopic (exact) mass is 448 g/mol. The summed E-state index contributed by atoms with van der Waals surface area (Å²) < 4.78 is 22.5. The lowest BCUT2D eigenvalue weighted by Gasteiger charge is -2.21. The van der Waals surface area contributed by atoms with E-state index in [1.165, 1.54) is 11.1 Å². The third-order valence-corrected chi connectivity index (χ3v) is 6.08. The molecular formula is C27H32N2O4. The molecule has 2 unspecified atom stereocenters. The molecule has 1 aromatic heterocycles. The average molecular weight is 449 g/mol. The molecule has 6 heteroatoms. The van der Waals surface area contributed by atoms with E-state index in [0.29, 0.717) is 25.0 Å². The van der Waals surface area contributed by atoms with Crippen molar-refractivity contribution in [2.45, 2.75) is 51.7 Å². The van der Waals surface area contributed by atoms with Crippen LogP contribution in [0.3, 0.4) is 0 Å². The van der Waals surface area contributed by atoms with Gasteiger partial charge in [0.25, 0.3) is 0 Å².